The highest BCUT2D eigenvalue weighted by Crippen LogP contribution is 2.69. The van der Waals surface area contributed by atoms with Crippen LogP contribution < -0.4 is 4.90 Å². The molecular formula is C58H55N. The van der Waals surface area contributed by atoms with Crippen molar-refractivity contribution in [3.8, 4) is 33.4 Å². The summed E-state index contributed by atoms with van der Waals surface area (Å²) in [5, 5.41) is 2.57. The zero-order valence-corrected chi connectivity index (χ0v) is 35.1. The summed E-state index contributed by atoms with van der Waals surface area (Å²) in [5.41, 5.74) is 18.4. The molecule has 13 rings (SSSR count). The molecule has 7 aromatic carbocycles. The highest BCUT2D eigenvalue weighted by Gasteiger charge is 2.61. The van der Waals surface area contributed by atoms with Gasteiger partial charge >= 0.3 is 0 Å². The summed E-state index contributed by atoms with van der Waals surface area (Å²) in [6.45, 7) is 9.77. The maximum absolute atomic E-state index is 2.58. The van der Waals surface area contributed by atoms with E-state index < -0.39 is 0 Å². The number of nitrogens with zero attached hydrogens (tertiary/aromatic N) is 1. The second-order valence-electron chi connectivity index (χ2n) is 20.4. The van der Waals surface area contributed by atoms with Gasteiger partial charge in [0.1, 0.15) is 0 Å². The van der Waals surface area contributed by atoms with Crippen LogP contribution in [0.15, 0.2) is 152 Å². The predicted octanol–water partition coefficient (Wildman–Crippen LogP) is 15.7. The van der Waals surface area contributed by atoms with Crippen LogP contribution >= 0.6 is 0 Å². The molecule has 0 radical (unpaired) electrons. The minimum absolute atomic E-state index is 0.122. The topological polar surface area (TPSA) is 3.24 Å². The van der Waals surface area contributed by atoms with Gasteiger partial charge in [0.2, 0.25) is 0 Å². The molecule has 59 heavy (non-hydrogen) atoms. The molecule has 1 spiro atoms. The Hall–Kier alpha value is -5.40. The Balaban J connectivity index is 0.968. The van der Waals surface area contributed by atoms with Gasteiger partial charge in [0, 0.05) is 22.5 Å². The second kappa shape index (κ2) is 12.8. The van der Waals surface area contributed by atoms with Gasteiger partial charge < -0.3 is 4.90 Å². The summed E-state index contributed by atoms with van der Waals surface area (Å²) in [4.78, 5) is 2.55. The Morgan fingerprint density at radius 3 is 1.66 bits per heavy atom. The number of rotatable bonds is 5. The van der Waals surface area contributed by atoms with E-state index in [9.17, 15) is 0 Å². The molecule has 0 atom stereocenters. The van der Waals surface area contributed by atoms with E-state index in [1.165, 1.54) is 117 Å². The van der Waals surface area contributed by atoms with Crippen LogP contribution in [0.4, 0.5) is 17.1 Å². The first kappa shape index (κ1) is 35.5. The third-order valence-electron chi connectivity index (χ3n) is 16.3. The van der Waals surface area contributed by atoms with Crippen molar-refractivity contribution in [3.63, 3.8) is 0 Å². The van der Waals surface area contributed by atoms with Gasteiger partial charge in [0.25, 0.3) is 0 Å². The van der Waals surface area contributed by atoms with Gasteiger partial charge in [-0.05, 0) is 182 Å². The van der Waals surface area contributed by atoms with Gasteiger partial charge in [0.05, 0.1) is 0 Å². The van der Waals surface area contributed by atoms with Gasteiger partial charge in [0.15, 0.2) is 0 Å². The van der Waals surface area contributed by atoms with E-state index in [4.69, 9.17) is 0 Å². The van der Waals surface area contributed by atoms with Crippen molar-refractivity contribution in [3.05, 3.63) is 174 Å². The maximum Gasteiger partial charge on any atom is 0.0468 e. The Morgan fingerprint density at radius 2 is 0.932 bits per heavy atom. The minimum atomic E-state index is 0.122. The minimum Gasteiger partial charge on any atom is -0.310 e. The normalized spacial score (nSPS) is 25.2. The van der Waals surface area contributed by atoms with Crippen LogP contribution in [-0.4, -0.2) is 0 Å². The number of hydrogen-bond donors (Lipinski definition) is 0. The van der Waals surface area contributed by atoms with E-state index in [-0.39, 0.29) is 16.2 Å². The molecule has 4 fully saturated rings. The van der Waals surface area contributed by atoms with Gasteiger partial charge in [-0.2, -0.15) is 0 Å². The molecule has 0 aliphatic heterocycles. The molecule has 0 aromatic heterocycles. The largest absolute Gasteiger partial charge is 0.310 e. The summed E-state index contributed by atoms with van der Waals surface area (Å²) in [5.74, 6) is 3.42. The average molecular weight is 766 g/mol. The second-order valence-corrected chi connectivity index (χ2v) is 20.4. The fourth-order valence-electron chi connectivity index (χ4n) is 13.6. The Bertz CT molecular complexity index is 2750. The zero-order valence-electron chi connectivity index (χ0n) is 35.1. The quantitative estimate of drug-likeness (QED) is 0.169. The van der Waals surface area contributed by atoms with Crippen molar-refractivity contribution in [2.75, 3.05) is 4.90 Å². The standard InChI is InChI=1S/C58H55N/c1-56(2)28-29-57(3,4)55-36-47(25-27-54(55)56)59(45-22-20-40(21-23-45)39-16-18-42(19-17-39)49-14-9-11-41-10-5-6-12-48(41)49)46-24-26-53-51(35-46)50-13-7-8-15-52(50)58(53)43-31-37-30-38(33-43)34-44(58)32-37/h5-27,35-38,43-44H,28-34H2,1-4H3. The number of hydrogen-bond acceptors (Lipinski definition) is 1. The molecule has 0 saturated heterocycles. The molecule has 4 saturated carbocycles. The van der Waals surface area contributed by atoms with Gasteiger partial charge in [-0.3, -0.25) is 0 Å². The van der Waals surface area contributed by atoms with Crippen LogP contribution in [0.5, 0.6) is 0 Å². The lowest BCUT2D eigenvalue weighted by Crippen LogP contribution is -2.55. The zero-order chi connectivity index (χ0) is 39.7. The first-order chi connectivity index (χ1) is 28.7. The van der Waals surface area contributed by atoms with Crippen molar-refractivity contribution in [2.24, 2.45) is 23.7 Å². The van der Waals surface area contributed by atoms with Gasteiger partial charge in [-0.1, -0.05) is 143 Å². The first-order valence-corrected chi connectivity index (χ1v) is 22.6. The van der Waals surface area contributed by atoms with Crippen LogP contribution in [0.25, 0.3) is 44.2 Å². The molecule has 0 heterocycles. The Kier molecular flexibility index (Phi) is 7.71. The fourth-order valence-corrected chi connectivity index (χ4v) is 13.6. The first-order valence-electron chi connectivity index (χ1n) is 22.6. The van der Waals surface area contributed by atoms with E-state index >= 15 is 0 Å². The molecule has 6 aliphatic carbocycles. The van der Waals surface area contributed by atoms with Crippen molar-refractivity contribution in [1.82, 2.24) is 0 Å². The fraction of sp³-hybridized carbons (Fsp3) is 0.310. The van der Waals surface area contributed by atoms with E-state index in [0.717, 1.165) is 23.7 Å². The summed E-state index contributed by atoms with van der Waals surface area (Å²) >= 11 is 0. The van der Waals surface area contributed by atoms with Crippen molar-refractivity contribution in [2.45, 2.75) is 88.9 Å². The molecular weight excluding hydrogens is 711 g/mol. The molecule has 0 unspecified atom stereocenters. The third kappa shape index (κ3) is 5.29. The van der Waals surface area contributed by atoms with Gasteiger partial charge in [-0.25, -0.2) is 0 Å². The monoisotopic (exact) mass is 765 g/mol. The number of fused-ring (bicyclic) bond motifs is 5. The molecule has 4 bridgehead atoms. The lowest BCUT2D eigenvalue weighted by molar-refractivity contribution is -0.0399. The highest BCUT2D eigenvalue weighted by atomic mass is 15.1. The average Bonchev–Trinajstić information content (AvgIpc) is 3.54. The molecule has 7 aromatic rings. The molecule has 0 amide bonds. The van der Waals surface area contributed by atoms with Crippen molar-refractivity contribution in [1.29, 1.82) is 0 Å². The van der Waals surface area contributed by atoms with Crippen molar-refractivity contribution >= 4 is 27.8 Å². The summed E-state index contributed by atoms with van der Waals surface area (Å²) in [7, 11) is 0. The van der Waals surface area contributed by atoms with E-state index in [1.807, 2.05) is 0 Å². The van der Waals surface area contributed by atoms with Crippen molar-refractivity contribution < 1.29 is 0 Å². The molecule has 0 N–H and O–H groups in total. The highest BCUT2D eigenvalue weighted by molar-refractivity contribution is 5.97. The number of benzene rings is 7. The summed E-state index contributed by atoms with van der Waals surface area (Å²) in [6, 6.07) is 58.4. The number of anilines is 3. The van der Waals surface area contributed by atoms with Crippen LogP contribution in [0, 0.1) is 23.7 Å². The molecule has 6 aliphatic rings. The SMILES string of the molecule is CC1(C)CCC(C)(C)c2cc(N(c3ccc(-c4ccc(-c5cccc6ccccc56)cc4)cc3)c3ccc4c(c3)-c3ccccc3C43C4CC5CC(C4)CC3C5)ccc21. The third-order valence-corrected chi connectivity index (χ3v) is 16.3. The van der Waals surface area contributed by atoms with Crippen LogP contribution in [0.1, 0.15) is 94.9 Å². The van der Waals surface area contributed by atoms with E-state index in [2.05, 4.69) is 184 Å². The van der Waals surface area contributed by atoms with Crippen LogP contribution in [0.2, 0.25) is 0 Å². The Morgan fingerprint density at radius 1 is 0.407 bits per heavy atom. The molecule has 292 valence electrons. The predicted molar refractivity (Wildman–Crippen MR) is 248 cm³/mol. The van der Waals surface area contributed by atoms with E-state index in [1.54, 1.807) is 11.1 Å². The van der Waals surface area contributed by atoms with E-state index in [0.29, 0.717) is 0 Å². The smallest absolute Gasteiger partial charge is 0.0468 e. The van der Waals surface area contributed by atoms with Crippen LogP contribution in [0.3, 0.4) is 0 Å². The summed E-state index contributed by atoms with van der Waals surface area (Å²) < 4.78 is 0. The maximum atomic E-state index is 2.58. The van der Waals surface area contributed by atoms with Gasteiger partial charge in [-0.15, -0.1) is 0 Å². The molecule has 1 nitrogen and oxygen atoms in total. The van der Waals surface area contributed by atoms with Crippen LogP contribution in [-0.2, 0) is 16.2 Å². The summed E-state index contributed by atoms with van der Waals surface area (Å²) in [6.07, 6.45) is 9.54. The Labute approximate surface area is 351 Å². The lowest BCUT2D eigenvalue weighted by Gasteiger charge is -2.61. The molecule has 1 heteroatoms. The lowest BCUT2D eigenvalue weighted by atomic mass is 9.43.